The number of methoxy groups -OCH3 is 2. The van der Waals surface area contributed by atoms with Gasteiger partial charge in [-0.15, -0.1) is 0 Å². The molecule has 0 atom stereocenters. The average Bonchev–Trinajstić information content (AvgIpc) is 2.29. The molecular weight excluding hydrogens is 196 g/mol. The van der Waals surface area contributed by atoms with Gasteiger partial charge in [0.25, 0.3) is 0 Å². The first kappa shape index (κ1) is 11.3. The number of esters is 1. The summed E-state index contributed by atoms with van der Waals surface area (Å²) in [5.41, 5.74) is 0.866. The van der Waals surface area contributed by atoms with Gasteiger partial charge in [0.05, 0.1) is 20.6 Å². The molecule has 1 aromatic heterocycles. The van der Waals surface area contributed by atoms with Gasteiger partial charge in [0.2, 0.25) is 5.88 Å². The van der Waals surface area contributed by atoms with Crippen LogP contribution in [0.15, 0.2) is 18.3 Å². The summed E-state index contributed by atoms with van der Waals surface area (Å²) >= 11 is 0. The molecule has 0 aromatic carbocycles. The van der Waals surface area contributed by atoms with E-state index in [1.165, 1.54) is 7.11 Å². The number of ether oxygens (including phenoxy) is 2. The number of hydrogen-bond acceptors (Lipinski definition) is 5. The molecule has 0 bridgehead atoms. The number of nitrogens with zero attached hydrogens (tertiary/aromatic N) is 1. The predicted octanol–water partition coefficient (Wildman–Crippen LogP) is 1.07. The van der Waals surface area contributed by atoms with E-state index in [2.05, 4.69) is 15.0 Å². The Bertz CT molecular complexity index is 328. The van der Waals surface area contributed by atoms with E-state index in [0.29, 0.717) is 18.8 Å². The van der Waals surface area contributed by atoms with E-state index in [4.69, 9.17) is 4.74 Å². The highest BCUT2D eigenvalue weighted by molar-refractivity contribution is 5.69. The number of hydrogen-bond donors (Lipinski definition) is 1. The van der Waals surface area contributed by atoms with Crippen LogP contribution in [0.3, 0.4) is 0 Å². The Labute approximate surface area is 88.4 Å². The predicted molar refractivity (Wildman–Crippen MR) is 55.9 cm³/mol. The summed E-state index contributed by atoms with van der Waals surface area (Å²) in [6.07, 6.45) is 1.97. The van der Waals surface area contributed by atoms with Crippen molar-refractivity contribution in [1.29, 1.82) is 0 Å². The van der Waals surface area contributed by atoms with Gasteiger partial charge in [-0.05, 0) is 6.07 Å². The lowest BCUT2D eigenvalue weighted by Gasteiger charge is -2.06. The van der Waals surface area contributed by atoms with Crippen molar-refractivity contribution < 1.29 is 14.3 Å². The van der Waals surface area contributed by atoms with Crippen LogP contribution in [0, 0.1) is 0 Å². The fourth-order valence-electron chi connectivity index (χ4n) is 1.04. The van der Waals surface area contributed by atoms with Gasteiger partial charge in [-0.3, -0.25) is 4.79 Å². The maximum Gasteiger partial charge on any atom is 0.307 e. The van der Waals surface area contributed by atoms with Crippen LogP contribution in [0.1, 0.15) is 6.42 Å². The van der Waals surface area contributed by atoms with Crippen LogP contribution < -0.4 is 10.1 Å². The highest BCUT2D eigenvalue weighted by Crippen LogP contribution is 2.12. The molecule has 0 aliphatic heterocycles. The number of anilines is 1. The van der Waals surface area contributed by atoms with Crippen LogP contribution in [0.4, 0.5) is 5.69 Å². The van der Waals surface area contributed by atoms with Crippen molar-refractivity contribution in [3.8, 4) is 5.88 Å². The molecule has 82 valence electrons. The third-order valence-electron chi connectivity index (χ3n) is 1.83. The molecule has 0 aliphatic rings. The molecule has 0 amide bonds. The Morgan fingerprint density at radius 1 is 1.53 bits per heavy atom. The summed E-state index contributed by atoms with van der Waals surface area (Å²) in [5.74, 6) is 0.307. The smallest absolute Gasteiger partial charge is 0.307 e. The Morgan fingerprint density at radius 2 is 2.33 bits per heavy atom. The van der Waals surface area contributed by atoms with Crippen LogP contribution in [-0.4, -0.2) is 31.7 Å². The van der Waals surface area contributed by atoms with Gasteiger partial charge in [0.15, 0.2) is 0 Å². The minimum absolute atomic E-state index is 0.233. The highest BCUT2D eigenvalue weighted by Gasteiger charge is 2.00. The zero-order chi connectivity index (χ0) is 11.1. The second-order valence-corrected chi connectivity index (χ2v) is 2.84. The second kappa shape index (κ2) is 5.85. The van der Waals surface area contributed by atoms with E-state index in [-0.39, 0.29) is 5.97 Å². The van der Waals surface area contributed by atoms with E-state index in [1.807, 2.05) is 0 Å². The molecule has 0 spiro atoms. The van der Waals surface area contributed by atoms with Crippen LogP contribution in [0.2, 0.25) is 0 Å². The molecular formula is C10H14N2O3. The number of rotatable bonds is 5. The van der Waals surface area contributed by atoms with Crippen LogP contribution in [0.5, 0.6) is 5.88 Å². The standard InChI is InChI=1S/C10H14N2O3/c1-14-9-7-8(3-5-12-9)11-6-4-10(13)15-2/h3,5,7H,4,6H2,1-2H3,(H,11,12). The van der Waals surface area contributed by atoms with E-state index in [9.17, 15) is 4.79 Å². The zero-order valence-corrected chi connectivity index (χ0v) is 8.82. The van der Waals surface area contributed by atoms with Gasteiger partial charge in [-0.1, -0.05) is 0 Å². The summed E-state index contributed by atoms with van der Waals surface area (Å²) in [6, 6.07) is 3.57. The van der Waals surface area contributed by atoms with Gasteiger partial charge >= 0.3 is 5.97 Å². The van der Waals surface area contributed by atoms with Crippen molar-refractivity contribution in [2.24, 2.45) is 0 Å². The van der Waals surface area contributed by atoms with Gasteiger partial charge in [0, 0.05) is 24.5 Å². The summed E-state index contributed by atoms with van der Waals surface area (Å²) < 4.78 is 9.48. The lowest BCUT2D eigenvalue weighted by molar-refractivity contribution is -0.140. The molecule has 0 fully saturated rings. The molecule has 0 saturated carbocycles. The van der Waals surface area contributed by atoms with Gasteiger partial charge < -0.3 is 14.8 Å². The Hall–Kier alpha value is -1.78. The van der Waals surface area contributed by atoms with E-state index in [1.54, 1.807) is 25.4 Å². The highest BCUT2D eigenvalue weighted by atomic mass is 16.5. The lowest BCUT2D eigenvalue weighted by atomic mass is 10.3. The second-order valence-electron chi connectivity index (χ2n) is 2.84. The monoisotopic (exact) mass is 210 g/mol. The first-order valence-electron chi connectivity index (χ1n) is 4.57. The molecule has 0 saturated heterocycles. The molecule has 0 unspecified atom stereocenters. The molecule has 1 rings (SSSR count). The van der Waals surface area contributed by atoms with Crippen molar-refractivity contribution in [3.05, 3.63) is 18.3 Å². The fraction of sp³-hybridized carbons (Fsp3) is 0.400. The minimum Gasteiger partial charge on any atom is -0.481 e. The fourth-order valence-corrected chi connectivity index (χ4v) is 1.04. The van der Waals surface area contributed by atoms with Crippen LogP contribution in [-0.2, 0) is 9.53 Å². The van der Waals surface area contributed by atoms with Gasteiger partial charge in [-0.25, -0.2) is 4.98 Å². The lowest BCUT2D eigenvalue weighted by Crippen LogP contribution is -2.09. The molecule has 5 nitrogen and oxygen atoms in total. The molecule has 0 radical (unpaired) electrons. The summed E-state index contributed by atoms with van der Waals surface area (Å²) in [7, 11) is 2.93. The number of aromatic nitrogens is 1. The number of carbonyl (C=O) groups is 1. The van der Waals surface area contributed by atoms with Gasteiger partial charge in [-0.2, -0.15) is 0 Å². The van der Waals surface area contributed by atoms with Crippen molar-refractivity contribution >= 4 is 11.7 Å². The van der Waals surface area contributed by atoms with Crippen LogP contribution in [0.25, 0.3) is 0 Å². The largest absolute Gasteiger partial charge is 0.481 e. The van der Waals surface area contributed by atoms with Gasteiger partial charge in [0.1, 0.15) is 0 Å². The van der Waals surface area contributed by atoms with Crippen molar-refractivity contribution in [2.75, 3.05) is 26.1 Å². The molecule has 1 N–H and O–H groups in total. The summed E-state index contributed by atoms with van der Waals surface area (Å²) in [6.45, 7) is 0.528. The first-order valence-corrected chi connectivity index (χ1v) is 4.57. The topological polar surface area (TPSA) is 60.5 Å². The summed E-state index contributed by atoms with van der Waals surface area (Å²) in [4.78, 5) is 14.8. The third-order valence-corrected chi connectivity index (χ3v) is 1.83. The Morgan fingerprint density at radius 3 is 3.00 bits per heavy atom. The SMILES string of the molecule is COC(=O)CCNc1ccnc(OC)c1. The van der Waals surface area contributed by atoms with E-state index >= 15 is 0 Å². The number of carbonyl (C=O) groups excluding carboxylic acids is 1. The average molecular weight is 210 g/mol. The molecule has 0 aliphatic carbocycles. The maximum absolute atomic E-state index is 10.8. The van der Waals surface area contributed by atoms with E-state index < -0.39 is 0 Å². The Kier molecular flexibility index (Phi) is 4.40. The molecule has 15 heavy (non-hydrogen) atoms. The quantitative estimate of drug-likeness (QED) is 0.736. The zero-order valence-electron chi connectivity index (χ0n) is 8.82. The van der Waals surface area contributed by atoms with Crippen molar-refractivity contribution in [2.45, 2.75) is 6.42 Å². The third kappa shape index (κ3) is 3.84. The number of nitrogens with one attached hydrogen (secondary N) is 1. The minimum atomic E-state index is -0.233. The maximum atomic E-state index is 10.8. The Balaban J connectivity index is 2.40. The number of pyridine rings is 1. The van der Waals surface area contributed by atoms with Crippen LogP contribution >= 0.6 is 0 Å². The summed E-state index contributed by atoms with van der Waals surface area (Å²) in [5, 5.41) is 3.06. The van der Waals surface area contributed by atoms with E-state index in [0.717, 1.165) is 5.69 Å². The normalized spacial score (nSPS) is 9.47. The van der Waals surface area contributed by atoms with Crippen molar-refractivity contribution in [3.63, 3.8) is 0 Å². The molecule has 1 heterocycles. The first-order chi connectivity index (χ1) is 7.26. The van der Waals surface area contributed by atoms with Crippen molar-refractivity contribution in [1.82, 2.24) is 4.98 Å². The molecule has 5 heteroatoms. The molecule has 1 aromatic rings.